The number of nitrogens with one attached hydrogen (secondary N) is 2. The number of imidazole rings is 1. The van der Waals surface area contributed by atoms with E-state index < -0.39 is 17.8 Å². The van der Waals surface area contributed by atoms with E-state index in [1.807, 2.05) is 4.57 Å². The number of carbonyl (C=O) groups excluding carboxylic acids is 1. The monoisotopic (exact) mass is 541 g/mol. The molecule has 4 N–H and O–H groups in total. The number of carbonyl (C=O) groups is 1. The maximum Gasteiger partial charge on any atom is 0.250 e. The molecule has 13 heteroatoms. The second-order valence-electron chi connectivity index (χ2n) is 9.43. The number of primary amides is 1. The van der Waals surface area contributed by atoms with Crippen molar-refractivity contribution in [3.63, 3.8) is 0 Å². The van der Waals surface area contributed by atoms with Crippen LogP contribution in [-0.2, 0) is 4.79 Å². The molecule has 2 fully saturated rings. The second-order valence-corrected chi connectivity index (χ2v) is 10.3. The molecule has 8 nitrogen and oxygen atoms in total. The summed E-state index contributed by atoms with van der Waals surface area (Å²) in [4.78, 5) is 25.1. The van der Waals surface area contributed by atoms with Crippen molar-refractivity contribution < 1.29 is 18.0 Å². The Morgan fingerprint density at radius 3 is 2.53 bits per heavy atom. The van der Waals surface area contributed by atoms with E-state index in [-0.39, 0.29) is 58.3 Å². The fraction of sp³-hybridized carbons (Fsp3) is 0.478. The molecule has 1 aromatic carbocycles. The lowest BCUT2D eigenvalue weighted by Gasteiger charge is -2.29. The maximum atomic E-state index is 14.7. The lowest BCUT2D eigenvalue weighted by molar-refractivity contribution is -0.122. The van der Waals surface area contributed by atoms with E-state index in [1.165, 1.54) is 12.3 Å². The fourth-order valence-electron chi connectivity index (χ4n) is 5.04. The minimum atomic E-state index is -2.71. The van der Waals surface area contributed by atoms with E-state index in [1.54, 1.807) is 0 Å². The van der Waals surface area contributed by atoms with Gasteiger partial charge in [-0.15, -0.1) is 0 Å². The largest absolute Gasteiger partial charge is 0.369 e. The number of nitrogens with two attached hydrogens (primary N) is 1. The fourth-order valence-corrected chi connectivity index (χ4v) is 5.56. The molecule has 192 valence electrons. The van der Waals surface area contributed by atoms with Crippen molar-refractivity contribution in [2.24, 2.45) is 11.7 Å². The van der Waals surface area contributed by atoms with Gasteiger partial charge in [0, 0.05) is 35.9 Å². The highest BCUT2D eigenvalue weighted by Gasteiger charge is 2.39. The molecule has 0 unspecified atom stereocenters. The van der Waals surface area contributed by atoms with Crippen LogP contribution in [0.3, 0.4) is 0 Å². The Morgan fingerprint density at radius 2 is 1.89 bits per heavy atom. The van der Waals surface area contributed by atoms with Crippen LogP contribution in [0.25, 0.3) is 11.2 Å². The zero-order chi connectivity index (χ0) is 25.6. The highest BCUT2D eigenvalue weighted by molar-refractivity contribution is 6.36. The average Bonchev–Trinajstić information content (AvgIpc) is 3.34. The summed E-state index contributed by atoms with van der Waals surface area (Å²) in [5, 5.41) is 6.20. The van der Waals surface area contributed by atoms with E-state index in [0.29, 0.717) is 43.3 Å². The van der Waals surface area contributed by atoms with Crippen molar-refractivity contribution in [1.29, 1.82) is 0 Å². The number of rotatable bonds is 6. The van der Waals surface area contributed by atoms with Gasteiger partial charge >= 0.3 is 0 Å². The van der Waals surface area contributed by atoms with Crippen molar-refractivity contribution in [3.8, 4) is 0 Å². The molecule has 3 aromatic rings. The summed E-state index contributed by atoms with van der Waals surface area (Å²) < 4.78 is 43.8. The number of hydrogen-bond acceptors (Lipinski definition) is 6. The first-order chi connectivity index (χ1) is 17.1. The lowest BCUT2D eigenvalue weighted by atomic mass is 9.85. The Balaban J connectivity index is 1.52. The summed E-state index contributed by atoms with van der Waals surface area (Å²) in [5.74, 6) is -3.42. The van der Waals surface area contributed by atoms with E-state index in [2.05, 4.69) is 25.6 Å². The second kappa shape index (κ2) is 9.59. The summed E-state index contributed by atoms with van der Waals surface area (Å²) in [6.45, 7) is 0. The molecule has 2 aliphatic carbocycles. The highest BCUT2D eigenvalue weighted by Crippen LogP contribution is 2.39. The number of nitrogens with zero attached hydrogens (tertiary/aromatic N) is 4. The highest BCUT2D eigenvalue weighted by atomic mass is 35.5. The van der Waals surface area contributed by atoms with E-state index in [0.717, 1.165) is 6.07 Å². The lowest BCUT2D eigenvalue weighted by Crippen LogP contribution is -2.29. The summed E-state index contributed by atoms with van der Waals surface area (Å²) in [7, 11) is 0. The van der Waals surface area contributed by atoms with Gasteiger partial charge in [-0.1, -0.05) is 23.2 Å². The van der Waals surface area contributed by atoms with Crippen molar-refractivity contribution >= 4 is 57.9 Å². The molecule has 0 saturated heterocycles. The molecule has 1 amide bonds. The van der Waals surface area contributed by atoms with Gasteiger partial charge in [0.2, 0.25) is 23.7 Å². The van der Waals surface area contributed by atoms with Crippen molar-refractivity contribution in [2.45, 2.75) is 63.0 Å². The summed E-state index contributed by atoms with van der Waals surface area (Å²) >= 11 is 12.1. The zero-order valence-corrected chi connectivity index (χ0v) is 20.6. The number of benzene rings is 1. The van der Waals surface area contributed by atoms with Crippen LogP contribution in [0.4, 0.5) is 30.8 Å². The molecule has 0 spiro atoms. The first-order valence-electron chi connectivity index (χ1n) is 11.7. The van der Waals surface area contributed by atoms with Crippen molar-refractivity contribution in [2.75, 3.05) is 10.6 Å². The number of aromatic nitrogens is 4. The Bertz CT molecular complexity index is 1290. The molecule has 1 atom stereocenters. The number of fused-ring (bicyclic) bond motifs is 1. The Labute approximate surface area is 214 Å². The van der Waals surface area contributed by atoms with Crippen molar-refractivity contribution in [1.82, 2.24) is 19.5 Å². The topological polar surface area (TPSA) is 111 Å². The van der Waals surface area contributed by atoms with Crippen LogP contribution in [0.15, 0.2) is 18.3 Å². The predicted molar refractivity (Wildman–Crippen MR) is 131 cm³/mol. The third-order valence-corrected chi connectivity index (χ3v) is 7.39. The summed E-state index contributed by atoms with van der Waals surface area (Å²) in [5.41, 5.74) is 6.38. The average molecular weight is 542 g/mol. The first-order valence-corrected chi connectivity index (χ1v) is 12.5. The molecule has 5 rings (SSSR count). The Hall–Kier alpha value is -2.79. The standard InChI is InChI=1S/C23H24Cl2F3N7O/c24-12-7-15(25)18(16(26)8-12)33-22-32-17-10-30-21(31-13-5-6-23(27,28)9-13)34-20(17)35(22)14-3-1-11(2-4-14)19(29)36/h7-8,10-11,13-14H,1-6,9H2,(H2,29,36)(H,32,33)(H,30,31,34)/t11?,13-,14?/m1/s1. The summed E-state index contributed by atoms with van der Waals surface area (Å²) in [6, 6.07) is 1.99. The molecule has 2 saturated carbocycles. The molecule has 36 heavy (non-hydrogen) atoms. The molecule has 2 heterocycles. The van der Waals surface area contributed by atoms with Gasteiger partial charge in [-0.2, -0.15) is 4.98 Å². The van der Waals surface area contributed by atoms with Crippen LogP contribution in [0.5, 0.6) is 0 Å². The molecular formula is C23H24Cl2F3N7O. The van der Waals surface area contributed by atoms with E-state index in [9.17, 15) is 18.0 Å². The minimum Gasteiger partial charge on any atom is -0.369 e. The number of amides is 1. The van der Waals surface area contributed by atoms with Crippen LogP contribution in [0.2, 0.25) is 10.0 Å². The molecule has 0 bridgehead atoms. The molecule has 2 aliphatic rings. The van der Waals surface area contributed by atoms with E-state index >= 15 is 0 Å². The predicted octanol–water partition coefficient (Wildman–Crippen LogP) is 5.83. The number of alkyl halides is 2. The van der Waals surface area contributed by atoms with Gasteiger partial charge in [-0.05, 0) is 44.2 Å². The summed E-state index contributed by atoms with van der Waals surface area (Å²) in [6.07, 6.45) is 3.74. The van der Waals surface area contributed by atoms with Crippen molar-refractivity contribution in [3.05, 3.63) is 34.2 Å². The Kier molecular flexibility index (Phi) is 6.63. The van der Waals surface area contributed by atoms with Crippen LogP contribution < -0.4 is 16.4 Å². The SMILES string of the molecule is NC(=O)C1CCC(n2c(Nc3c(F)cc(Cl)cc3Cl)nc3cnc(N[C@@H]4CCC(F)(F)C4)nc32)CC1. The van der Waals surface area contributed by atoms with Gasteiger partial charge in [0.05, 0.1) is 16.9 Å². The molecule has 2 aromatic heterocycles. The van der Waals surface area contributed by atoms with Gasteiger partial charge in [0.1, 0.15) is 11.3 Å². The first kappa shape index (κ1) is 24.9. The smallest absolute Gasteiger partial charge is 0.250 e. The molecular weight excluding hydrogens is 518 g/mol. The van der Waals surface area contributed by atoms with Gasteiger partial charge in [-0.25, -0.2) is 23.1 Å². The third kappa shape index (κ3) is 5.04. The number of hydrogen-bond donors (Lipinski definition) is 3. The normalized spacial score (nSPS) is 23.6. The van der Waals surface area contributed by atoms with Gasteiger partial charge < -0.3 is 16.4 Å². The maximum absolute atomic E-state index is 14.7. The van der Waals surface area contributed by atoms with E-state index in [4.69, 9.17) is 28.9 Å². The van der Waals surface area contributed by atoms with Gasteiger partial charge in [0.25, 0.3) is 0 Å². The Morgan fingerprint density at radius 1 is 1.14 bits per heavy atom. The van der Waals surface area contributed by atoms with Gasteiger partial charge in [-0.3, -0.25) is 9.36 Å². The molecule has 0 aliphatic heterocycles. The number of anilines is 3. The number of halogens is 5. The van der Waals surface area contributed by atoms with Crippen LogP contribution >= 0.6 is 23.2 Å². The minimum absolute atomic E-state index is 0.00272. The van der Waals surface area contributed by atoms with Crippen LogP contribution in [0.1, 0.15) is 51.0 Å². The third-order valence-electron chi connectivity index (χ3n) is 6.88. The zero-order valence-electron chi connectivity index (χ0n) is 19.1. The van der Waals surface area contributed by atoms with Crippen LogP contribution in [0, 0.1) is 11.7 Å². The van der Waals surface area contributed by atoms with Crippen LogP contribution in [-0.4, -0.2) is 37.4 Å². The van der Waals surface area contributed by atoms with Gasteiger partial charge in [0.15, 0.2) is 5.65 Å². The molecule has 0 radical (unpaired) electrons. The quantitative estimate of drug-likeness (QED) is 0.362.